The normalized spacial score (nSPS) is 16.8. The fraction of sp³-hybridized carbons (Fsp3) is 0.421. The minimum absolute atomic E-state index is 0.389. The number of benzene rings is 1. The summed E-state index contributed by atoms with van der Waals surface area (Å²) in [7, 11) is 0. The van der Waals surface area contributed by atoms with Crippen molar-refractivity contribution < 1.29 is 0 Å². The number of hydrogen-bond donors (Lipinski definition) is 0. The topological polar surface area (TPSA) is 41.9 Å². The molecule has 1 unspecified atom stereocenters. The van der Waals surface area contributed by atoms with Crippen LogP contribution in [-0.4, -0.2) is 32.9 Å². The van der Waals surface area contributed by atoms with E-state index in [1.54, 1.807) is 11.3 Å². The van der Waals surface area contributed by atoms with E-state index in [0.29, 0.717) is 6.04 Å². The van der Waals surface area contributed by atoms with Crippen molar-refractivity contribution in [3.05, 3.63) is 52.0 Å². The van der Waals surface area contributed by atoms with Gasteiger partial charge >= 0.3 is 0 Å². The molecular formula is C19H22N4S. The third-order valence-corrected chi connectivity index (χ3v) is 5.89. The minimum atomic E-state index is 0.389. The van der Waals surface area contributed by atoms with Crippen LogP contribution >= 0.6 is 11.3 Å². The molecule has 4 rings (SSSR count). The molecule has 0 bridgehead atoms. The number of thiazole rings is 1. The lowest BCUT2D eigenvalue weighted by molar-refractivity contribution is 0.221. The van der Waals surface area contributed by atoms with Gasteiger partial charge < -0.3 is 0 Å². The fourth-order valence-electron chi connectivity index (χ4n) is 3.69. The van der Waals surface area contributed by atoms with Gasteiger partial charge in [0.05, 0.1) is 15.7 Å². The number of aromatic nitrogens is 3. The maximum absolute atomic E-state index is 4.69. The van der Waals surface area contributed by atoms with E-state index >= 15 is 0 Å². The van der Waals surface area contributed by atoms with Gasteiger partial charge in [-0.2, -0.15) is 0 Å². The molecule has 0 saturated heterocycles. The highest BCUT2D eigenvalue weighted by molar-refractivity contribution is 7.16. The Morgan fingerprint density at radius 1 is 1.12 bits per heavy atom. The molecule has 0 radical (unpaired) electrons. The first-order valence-electron chi connectivity index (χ1n) is 8.52. The van der Waals surface area contributed by atoms with Crippen molar-refractivity contribution >= 4 is 21.6 Å². The highest BCUT2D eigenvalue weighted by atomic mass is 32.1. The molecule has 1 aromatic carbocycles. The second-order valence-electron chi connectivity index (χ2n) is 6.57. The Morgan fingerprint density at radius 3 is 2.83 bits per heavy atom. The van der Waals surface area contributed by atoms with E-state index in [-0.39, 0.29) is 0 Å². The zero-order valence-corrected chi connectivity index (χ0v) is 15.2. The molecule has 0 N–H and O–H groups in total. The predicted molar refractivity (Wildman–Crippen MR) is 98.5 cm³/mol. The van der Waals surface area contributed by atoms with Crippen molar-refractivity contribution in [2.24, 2.45) is 0 Å². The van der Waals surface area contributed by atoms with Gasteiger partial charge in [-0.15, -0.1) is 11.3 Å². The minimum Gasteiger partial charge on any atom is -0.296 e. The Labute approximate surface area is 146 Å². The monoisotopic (exact) mass is 338 g/mol. The maximum atomic E-state index is 4.69. The van der Waals surface area contributed by atoms with Gasteiger partial charge in [0.1, 0.15) is 5.82 Å². The summed E-state index contributed by atoms with van der Waals surface area (Å²) in [6.45, 7) is 8.49. The van der Waals surface area contributed by atoms with Crippen LogP contribution in [0.2, 0.25) is 0 Å². The summed E-state index contributed by atoms with van der Waals surface area (Å²) in [6.07, 6.45) is 2.04. The van der Waals surface area contributed by atoms with Crippen LogP contribution in [0, 0.1) is 13.8 Å². The fourth-order valence-corrected chi connectivity index (χ4v) is 4.35. The number of rotatable bonds is 2. The molecule has 1 aliphatic rings. The summed E-state index contributed by atoms with van der Waals surface area (Å²) in [5.41, 5.74) is 8.12. The van der Waals surface area contributed by atoms with Crippen LogP contribution in [0.4, 0.5) is 0 Å². The van der Waals surface area contributed by atoms with Gasteiger partial charge in [0.2, 0.25) is 0 Å². The van der Waals surface area contributed by atoms with Crippen LogP contribution in [0.15, 0.2) is 23.7 Å². The highest BCUT2D eigenvalue weighted by Crippen LogP contribution is 2.28. The number of aryl methyl sites for hydroxylation is 2. The van der Waals surface area contributed by atoms with Gasteiger partial charge in [0, 0.05) is 36.9 Å². The van der Waals surface area contributed by atoms with Crippen LogP contribution in [0.1, 0.15) is 41.3 Å². The SMILES string of the molecule is Cc1nc(C)c2c(n1)CCN(C(C)c1ccc3scnc3c1)CC2. The average molecular weight is 338 g/mol. The van der Waals surface area contributed by atoms with Crippen molar-refractivity contribution in [3.63, 3.8) is 0 Å². The van der Waals surface area contributed by atoms with Crippen molar-refractivity contribution in [3.8, 4) is 0 Å². The summed E-state index contributed by atoms with van der Waals surface area (Å²) < 4.78 is 1.26. The van der Waals surface area contributed by atoms with Gasteiger partial charge in [-0.05, 0) is 50.5 Å². The van der Waals surface area contributed by atoms with Crippen molar-refractivity contribution in [2.45, 2.75) is 39.7 Å². The largest absolute Gasteiger partial charge is 0.296 e. The van der Waals surface area contributed by atoms with Gasteiger partial charge in [-0.25, -0.2) is 15.0 Å². The smallest absolute Gasteiger partial charge is 0.125 e. The summed E-state index contributed by atoms with van der Waals surface area (Å²) in [4.78, 5) is 16.3. The maximum Gasteiger partial charge on any atom is 0.125 e. The van der Waals surface area contributed by atoms with Crippen LogP contribution in [0.3, 0.4) is 0 Å². The molecule has 0 aliphatic carbocycles. The Bertz CT molecular complexity index is 886. The third kappa shape index (κ3) is 2.82. The van der Waals surface area contributed by atoms with Gasteiger partial charge in [0.15, 0.2) is 0 Å². The summed E-state index contributed by atoms with van der Waals surface area (Å²) in [5.74, 6) is 0.890. The molecule has 0 fully saturated rings. The van der Waals surface area contributed by atoms with Gasteiger partial charge in [-0.3, -0.25) is 4.90 Å². The molecule has 1 atom stereocenters. The summed E-state index contributed by atoms with van der Waals surface area (Å²) in [5, 5.41) is 0. The van der Waals surface area contributed by atoms with E-state index in [4.69, 9.17) is 0 Å². The molecule has 0 saturated carbocycles. The molecular weight excluding hydrogens is 316 g/mol. The molecule has 124 valence electrons. The Balaban J connectivity index is 1.58. The van der Waals surface area contributed by atoms with E-state index in [0.717, 1.165) is 43.0 Å². The zero-order chi connectivity index (χ0) is 16.7. The quantitative estimate of drug-likeness (QED) is 0.711. The van der Waals surface area contributed by atoms with E-state index in [2.05, 4.69) is 51.9 Å². The molecule has 1 aliphatic heterocycles. The molecule has 4 nitrogen and oxygen atoms in total. The molecule has 3 heterocycles. The number of fused-ring (bicyclic) bond motifs is 2. The molecule has 5 heteroatoms. The Hall–Kier alpha value is -1.85. The van der Waals surface area contributed by atoms with Crippen LogP contribution in [-0.2, 0) is 12.8 Å². The average Bonchev–Trinajstić information content (AvgIpc) is 2.93. The molecule has 0 amide bonds. The van der Waals surface area contributed by atoms with Crippen LogP contribution in [0.25, 0.3) is 10.2 Å². The van der Waals surface area contributed by atoms with Crippen LogP contribution in [0.5, 0.6) is 0 Å². The lowest BCUT2D eigenvalue weighted by Gasteiger charge is -2.27. The Morgan fingerprint density at radius 2 is 1.96 bits per heavy atom. The second kappa shape index (κ2) is 6.22. The highest BCUT2D eigenvalue weighted by Gasteiger charge is 2.22. The van der Waals surface area contributed by atoms with Gasteiger partial charge in [0.25, 0.3) is 0 Å². The van der Waals surface area contributed by atoms with E-state index < -0.39 is 0 Å². The van der Waals surface area contributed by atoms with E-state index in [1.165, 1.54) is 21.5 Å². The number of hydrogen-bond acceptors (Lipinski definition) is 5. The Kier molecular flexibility index (Phi) is 4.06. The first-order chi connectivity index (χ1) is 11.6. The summed E-state index contributed by atoms with van der Waals surface area (Å²) in [6, 6.07) is 7.08. The zero-order valence-electron chi connectivity index (χ0n) is 14.4. The molecule has 2 aromatic heterocycles. The van der Waals surface area contributed by atoms with Crippen molar-refractivity contribution in [1.29, 1.82) is 0 Å². The first kappa shape index (κ1) is 15.7. The van der Waals surface area contributed by atoms with Gasteiger partial charge in [-0.1, -0.05) is 6.07 Å². The molecule has 24 heavy (non-hydrogen) atoms. The first-order valence-corrected chi connectivity index (χ1v) is 9.40. The van der Waals surface area contributed by atoms with E-state index in [9.17, 15) is 0 Å². The number of nitrogens with zero attached hydrogens (tertiary/aromatic N) is 4. The van der Waals surface area contributed by atoms with Crippen molar-refractivity contribution in [1.82, 2.24) is 19.9 Å². The third-order valence-electron chi connectivity index (χ3n) is 5.08. The predicted octanol–water partition coefficient (Wildman–Crippen LogP) is 3.86. The molecule has 3 aromatic rings. The summed E-state index contributed by atoms with van der Waals surface area (Å²) >= 11 is 1.70. The van der Waals surface area contributed by atoms with Crippen LogP contribution < -0.4 is 0 Å². The lowest BCUT2D eigenvalue weighted by Crippen LogP contribution is -2.29. The molecule has 0 spiro atoms. The van der Waals surface area contributed by atoms with E-state index in [1.807, 2.05) is 12.4 Å². The standard InChI is InChI=1S/C19H22N4S/c1-12-16-6-8-23(9-7-17(16)22-14(3)21-12)13(2)15-4-5-19-18(10-15)20-11-24-19/h4-5,10-11,13H,6-9H2,1-3H3. The second-order valence-corrected chi connectivity index (χ2v) is 7.46. The lowest BCUT2D eigenvalue weighted by atomic mass is 10.1. The van der Waals surface area contributed by atoms with Crippen molar-refractivity contribution in [2.75, 3.05) is 13.1 Å².